The van der Waals surface area contributed by atoms with Gasteiger partial charge in [-0.15, -0.1) is 0 Å². The van der Waals surface area contributed by atoms with Gasteiger partial charge in [-0.1, -0.05) is 6.92 Å². The van der Waals surface area contributed by atoms with E-state index < -0.39 is 0 Å². The standard InChI is InChI=1S/C12H27NO2/c1-7-13-10-12(5,6)15-9-8-14-11(2,3)4/h13H,7-10H2,1-6H3. The molecule has 0 aromatic heterocycles. The molecule has 0 rings (SSSR count). The molecule has 0 spiro atoms. The fraction of sp³-hybridized carbons (Fsp3) is 1.00. The molecule has 0 saturated heterocycles. The van der Waals surface area contributed by atoms with E-state index in [0.717, 1.165) is 13.1 Å². The van der Waals surface area contributed by atoms with Crippen molar-refractivity contribution in [3.63, 3.8) is 0 Å². The van der Waals surface area contributed by atoms with Gasteiger partial charge in [0.2, 0.25) is 0 Å². The predicted octanol–water partition coefficient (Wildman–Crippen LogP) is 2.21. The summed E-state index contributed by atoms with van der Waals surface area (Å²) in [4.78, 5) is 0. The molecule has 3 nitrogen and oxygen atoms in total. The second-order valence-electron chi connectivity index (χ2n) is 5.35. The molecule has 1 N–H and O–H groups in total. The topological polar surface area (TPSA) is 30.5 Å². The number of nitrogens with one attached hydrogen (secondary N) is 1. The number of rotatable bonds is 7. The first-order valence-electron chi connectivity index (χ1n) is 5.75. The Bertz CT molecular complexity index is 161. The molecule has 0 fully saturated rings. The second kappa shape index (κ2) is 6.46. The van der Waals surface area contributed by atoms with Crippen LogP contribution in [0.3, 0.4) is 0 Å². The van der Waals surface area contributed by atoms with E-state index in [-0.39, 0.29) is 11.2 Å². The molecule has 0 atom stereocenters. The third-order valence-corrected chi connectivity index (χ3v) is 1.91. The second-order valence-corrected chi connectivity index (χ2v) is 5.35. The van der Waals surface area contributed by atoms with E-state index in [1.165, 1.54) is 0 Å². The normalized spacial score (nSPS) is 13.2. The molecular formula is C12H27NO2. The van der Waals surface area contributed by atoms with Crippen molar-refractivity contribution in [1.29, 1.82) is 0 Å². The average molecular weight is 217 g/mol. The monoisotopic (exact) mass is 217 g/mol. The van der Waals surface area contributed by atoms with Crippen molar-refractivity contribution in [2.75, 3.05) is 26.3 Å². The third-order valence-electron chi connectivity index (χ3n) is 1.91. The van der Waals surface area contributed by atoms with Gasteiger partial charge in [-0.05, 0) is 41.2 Å². The smallest absolute Gasteiger partial charge is 0.0751 e. The zero-order valence-electron chi connectivity index (χ0n) is 11.1. The van der Waals surface area contributed by atoms with Gasteiger partial charge in [-0.2, -0.15) is 0 Å². The molecule has 15 heavy (non-hydrogen) atoms. The Hall–Kier alpha value is -0.120. The van der Waals surface area contributed by atoms with Gasteiger partial charge in [0.05, 0.1) is 24.4 Å². The van der Waals surface area contributed by atoms with Crippen LogP contribution in [0, 0.1) is 0 Å². The summed E-state index contributed by atoms with van der Waals surface area (Å²) in [7, 11) is 0. The molecule has 0 heterocycles. The van der Waals surface area contributed by atoms with Gasteiger partial charge in [0, 0.05) is 6.54 Å². The minimum absolute atomic E-state index is 0.0742. The summed E-state index contributed by atoms with van der Waals surface area (Å²) in [6.45, 7) is 15.6. The Labute approximate surface area is 94.5 Å². The summed E-state index contributed by atoms with van der Waals surface area (Å²) in [6.07, 6.45) is 0. The van der Waals surface area contributed by atoms with Crippen molar-refractivity contribution in [2.24, 2.45) is 0 Å². The van der Waals surface area contributed by atoms with Crippen molar-refractivity contribution in [2.45, 2.75) is 52.7 Å². The van der Waals surface area contributed by atoms with Crippen LogP contribution in [0.1, 0.15) is 41.5 Å². The van der Waals surface area contributed by atoms with E-state index in [0.29, 0.717) is 13.2 Å². The van der Waals surface area contributed by atoms with Crippen molar-refractivity contribution in [1.82, 2.24) is 5.32 Å². The van der Waals surface area contributed by atoms with Crippen LogP contribution in [0.4, 0.5) is 0 Å². The fourth-order valence-electron chi connectivity index (χ4n) is 1.14. The highest BCUT2D eigenvalue weighted by molar-refractivity contribution is 4.71. The van der Waals surface area contributed by atoms with Gasteiger partial charge in [0.1, 0.15) is 0 Å². The van der Waals surface area contributed by atoms with Crippen molar-refractivity contribution >= 4 is 0 Å². The Balaban J connectivity index is 3.57. The van der Waals surface area contributed by atoms with Gasteiger partial charge in [0.25, 0.3) is 0 Å². The molecule has 3 heteroatoms. The van der Waals surface area contributed by atoms with E-state index in [2.05, 4.69) is 46.9 Å². The quantitative estimate of drug-likeness (QED) is 0.663. The largest absolute Gasteiger partial charge is 0.373 e. The number of hydrogen-bond donors (Lipinski definition) is 1. The van der Waals surface area contributed by atoms with Gasteiger partial charge >= 0.3 is 0 Å². The molecule has 0 aromatic carbocycles. The molecule has 0 aromatic rings. The molecular weight excluding hydrogens is 190 g/mol. The molecule has 0 radical (unpaired) electrons. The van der Waals surface area contributed by atoms with Crippen LogP contribution in [0.25, 0.3) is 0 Å². The highest BCUT2D eigenvalue weighted by Gasteiger charge is 2.17. The zero-order valence-corrected chi connectivity index (χ0v) is 11.1. The van der Waals surface area contributed by atoms with E-state index in [9.17, 15) is 0 Å². The summed E-state index contributed by atoms with van der Waals surface area (Å²) >= 11 is 0. The molecule has 0 saturated carbocycles. The van der Waals surface area contributed by atoms with Gasteiger partial charge in [-0.3, -0.25) is 0 Å². The zero-order chi connectivity index (χ0) is 11.9. The van der Waals surface area contributed by atoms with Crippen molar-refractivity contribution in [3.05, 3.63) is 0 Å². The first-order chi connectivity index (χ1) is 6.77. The van der Waals surface area contributed by atoms with E-state index in [4.69, 9.17) is 9.47 Å². The van der Waals surface area contributed by atoms with Crippen LogP contribution in [0.5, 0.6) is 0 Å². The molecule has 0 amide bonds. The maximum absolute atomic E-state index is 5.74. The summed E-state index contributed by atoms with van der Waals surface area (Å²) in [5, 5.41) is 3.28. The molecule has 0 unspecified atom stereocenters. The van der Waals surface area contributed by atoms with Gasteiger partial charge in [0.15, 0.2) is 0 Å². The lowest BCUT2D eigenvalue weighted by Gasteiger charge is -2.27. The number of ether oxygens (including phenoxy) is 2. The Morgan fingerprint density at radius 2 is 1.47 bits per heavy atom. The molecule has 0 aliphatic rings. The summed E-state index contributed by atoms with van der Waals surface area (Å²) in [5.41, 5.74) is -0.188. The third kappa shape index (κ3) is 10.2. The first kappa shape index (κ1) is 14.9. The number of hydrogen-bond acceptors (Lipinski definition) is 3. The predicted molar refractivity (Wildman–Crippen MR) is 64.3 cm³/mol. The van der Waals surface area contributed by atoms with Crippen molar-refractivity contribution < 1.29 is 9.47 Å². The number of likely N-dealkylation sites (N-methyl/N-ethyl adjacent to an activating group) is 1. The minimum atomic E-state index is -0.114. The van der Waals surface area contributed by atoms with Crippen LogP contribution in [0.2, 0.25) is 0 Å². The lowest BCUT2D eigenvalue weighted by Crippen LogP contribution is -2.38. The molecule has 0 bridgehead atoms. The highest BCUT2D eigenvalue weighted by Crippen LogP contribution is 2.09. The van der Waals surface area contributed by atoms with Crippen LogP contribution < -0.4 is 5.32 Å². The summed E-state index contributed by atoms with van der Waals surface area (Å²) in [6, 6.07) is 0. The Morgan fingerprint density at radius 3 is 1.93 bits per heavy atom. The Morgan fingerprint density at radius 1 is 0.933 bits per heavy atom. The van der Waals surface area contributed by atoms with Crippen molar-refractivity contribution in [3.8, 4) is 0 Å². The Kier molecular flexibility index (Phi) is 6.41. The van der Waals surface area contributed by atoms with Crippen LogP contribution >= 0.6 is 0 Å². The summed E-state index contributed by atoms with van der Waals surface area (Å²) < 4.78 is 11.3. The van der Waals surface area contributed by atoms with Crippen LogP contribution in [0.15, 0.2) is 0 Å². The van der Waals surface area contributed by atoms with E-state index >= 15 is 0 Å². The summed E-state index contributed by atoms with van der Waals surface area (Å²) in [5.74, 6) is 0. The first-order valence-corrected chi connectivity index (χ1v) is 5.75. The lowest BCUT2D eigenvalue weighted by atomic mass is 10.1. The van der Waals surface area contributed by atoms with Crippen LogP contribution in [-0.4, -0.2) is 37.5 Å². The lowest BCUT2D eigenvalue weighted by molar-refractivity contribution is -0.0772. The van der Waals surface area contributed by atoms with Crippen LogP contribution in [-0.2, 0) is 9.47 Å². The molecule has 0 aliphatic heterocycles. The maximum atomic E-state index is 5.74. The average Bonchev–Trinajstić information content (AvgIpc) is 2.08. The van der Waals surface area contributed by atoms with E-state index in [1.54, 1.807) is 0 Å². The van der Waals surface area contributed by atoms with E-state index in [1.807, 2.05) is 0 Å². The van der Waals surface area contributed by atoms with Gasteiger partial charge < -0.3 is 14.8 Å². The minimum Gasteiger partial charge on any atom is -0.373 e. The highest BCUT2D eigenvalue weighted by atomic mass is 16.5. The molecule has 0 aliphatic carbocycles. The maximum Gasteiger partial charge on any atom is 0.0751 e. The SMILES string of the molecule is CCNCC(C)(C)OCCOC(C)(C)C. The fourth-order valence-corrected chi connectivity index (χ4v) is 1.14. The molecule has 92 valence electrons. The van der Waals surface area contributed by atoms with Gasteiger partial charge in [-0.25, -0.2) is 0 Å².